The maximum absolute atomic E-state index is 2.43. The van der Waals surface area contributed by atoms with Crippen molar-refractivity contribution in [3.63, 3.8) is 0 Å². The van der Waals surface area contributed by atoms with E-state index in [0.717, 1.165) is 39.5 Å². The molecule has 2 nitrogen and oxygen atoms in total. The van der Waals surface area contributed by atoms with Crippen LogP contribution in [0, 0.1) is 0 Å². The zero-order valence-electron chi connectivity index (χ0n) is 30.8. The van der Waals surface area contributed by atoms with Gasteiger partial charge in [-0.05, 0) is 104 Å². The second kappa shape index (κ2) is 14.4. The molecule has 0 spiro atoms. The molecule has 0 aliphatic carbocycles. The van der Waals surface area contributed by atoms with Crippen LogP contribution in [-0.4, -0.2) is 0 Å². The average Bonchev–Trinajstić information content (AvgIpc) is 3.28. The third-order valence-corrected chi connectivity index (χ3v) is 10.8. The molecule has 0 saturated heterocycles. The summed E-state index contributed by atoms with van der Waals surface area (Å²) in [4.78, 5) is 4.79. The van der Waals surface area contributed by atoms with Gasteiger partial charge in [0.2, 0.25) is 0 Å². The van der Waals surface area contributed by atoms with Crippen LogP contribution in [0.4, 0.5) is 34.1 Å². The lowest BCUT2D eigenvalue weighted by Gasteiger charge is -2.31. The standard InChI is InChI=1S/C54H38N2/c1-4-17-39(18-5-1)41-21-14-27-45(37-41)56(46-33-34-48-42(38-46)22-16-32-50(48)49-31-15-20-40-19-10-11-28-47(40)49)54-36-35-53(51-29-12-13-30-52(51)54)55(43-23-6-2-7-24-43)44-25-8-3-9-26-44/h1-38H. The fourth-order valence-electron chi connectivity index (χ4n) is 8.23. The number of rotatable bonds is 8. The van der Waals surface area contributed by atoms with Crippen LogP contribution in [0.1, 0.15) is 0 Å². The van der Waals surface area contributed by atoms with E-state index < -0.39 is 0 Å². The average molecular weight is 715 g/mol. The Morgan fingerprint density at radius 3 is 1.30 bits per heavy atom. The second-order valence-corrected chi connectivity index (χ2v) is 14.1. The zero-order chi connectivity index (χ0) is 37.3. The van der Waals surface area contributed by atoms with Crippen molar-refractivity contribution in [3.05, 3.63) is 231 Å². The monoisotopic (exact) mass is 714 g/mol. The molecule has 264 valence electrons. The van der Waals surface area contributed by atoms with Crippen LogP contribution in [0.25, 0.3) is 54.6 Å². The van der Waals surface area contributed by atoms with E-state index in [4.69, 9.17) is 0 Å². The highest BCUT2D eigenvalue weighted by Gasteiger charge is 2.21. The van der Waals surface area contributed by atoms with Crippen LogP contribution < -0.4 is 9.80 Å². The summed E-state index contributed by atoms with van der Waals surface area (Å²) in [5, 5.41) is 7.26. The minimum atomic E-state index is 1.09. The van der Waals surface area contributed by atoms with Crippen molar-refractivity contribution >= 4 is 66.4 Å². The third-order valence-electron chi connectivity index (χ3n) is 10.8. The lowest BCUT2D eigenvalue weighted by molar-refractivity contribution is 1.28. The Kier molecular flexibility index (Phi) is 8.55. The molecule has 0 aliphatic rings. The molecule has 2 heteroatoms. The van der Waals surface area contributed by atoms with Crippen molar-refractivity contribution in [3.8, 4) is 22.3 Å². The van der Waals surface area contributed by atoms with Crippen LogP contribution in [0.15, 0.2) is 231 Å². The van der Waals surface area contributed by atoms with E-state index in [1.807, 2.05) is 0 Å². The highest BCUT2D eigenvalue weighted by Crippen LogP contribution is 2.46. The van der Waals surface area contributed by atoms with Crippen molar-refractivity contribution in [2.45, 2.75) is 0 Å². The first-order valence-electron chi connectivity index (χ1n) is 19.2. The molecule has 0 N–H and O–H groups in total. The van der Waals surface area contributed by atoms with Crippen LogP contribution >= 0.6 is 0 Å². The molecular formula is C54H38N2. The highest BCUT2D eigenvalue weighted by molar-refractivity contribution is 6.09. The molecule has 0 aromatic heterocycles. The largest absolute Gasteiger partial charge is 0.310 e. The Hall–Kier alpha value is -7.42. The lowest BCUT2D eigenvalue weighted by atomic mass is 9.93. The molecule has 0 fully saturated rings. The fraction of sp³-hybridized carbons (Fsp3) is 0. The third kappa shape index (κ3) is 6.04. The van der Waals surface area contributed by atoms with Crippen LogP contribution in [0.2, 0.25) is 0 Å². The zero-order valence-corrected chi connectivity index (χ0v) is 30.8. The molecule has 0 radical (unpaired) electrons. The van der Waals surface area contributed by atoms with Gasteiger partial charge in [0.1, 0.15) is 0 Å². The Labute approximate surface area is 327 Å². The molecule has 0 heterocycles. The van der Waals surface area contributed by atoms with E-state index in [-0.39, 0.29) is 0 Å². The molecule has 56 heavy (non-hydrogen) atoms. The van der Waals surface area contributed by atoms with Crippen molar-refractivity contribution < 1.29 is 0 Å². The van der Waals surface area contributed by atoms with Gasteiger partial charge >= 0.3 is 0 Å². The summed E-state index contributed by atoms with van der Waals surface area (Å²) in [5.41, 5.74) is 11.5. The molecule has 10 aromatic rings. The van der Waals surface area contributed by atoms with Gasteiger partial charge in [-0.3, -0.25) is 0 Å². The number of anilines is 6. The lowest BCUT2D eigenvalue weighted by Crippen LogP contribution is -2.13. The Morgan fingerprint density at radius 2 is 0.661 bits per heavy atom. The van der Waals surface area contributed by atoms with Crippen molar-refractivity contribution in [2.75, 3.05) is 9.80 Å². The number of benzene rings is 10. The van der Waals surface area contributed by atoms with E-state index in [2.05, 4.69) is 240 Å². The predicted octanol–water partition coefficient (Wildman–Crippen LogP) is 15.4. The second-order valence-electron chi connectivity index (χ2n) is 14.1. The van der Waals surface area contributed by atoms with Gasteiger partial charge in [-0.25, -0.2) is 0 Å². The van der Waals surface area contributed by atoms with E-state index in [1.165, 1.54) is 49.2 Å². The fourth-order valence-corrected chi connectivity index (χ4v) is 8.23. The SMILES string of the molecule is c1ccc(-c2cccc(N(c3ccc4c(-c5cccc6ccccc56)cccc4c3)c3ccc(N(c4ccccc4)c4ccccc4)c4ccccc34)c2)cc1. The Balaban J connectivity index is 1.19. The molecule has 0 unspecified atom stereocenters. The predicted molar refractivity (Wildman–Crippen MR) is 239 cm³/mol. The van der Waals surface area contributed by atoms with Crippen molar-refractivity contribution in [2.24, 2.45) is 0 Å². The minimum Gasteiger partial charge on any atom is -0.310 e. The number of fused-ring (bicyclic) bond motifs is 3. The molecule has 0 aliphatic heterocycles. The minimum absolute atomic E-state index is 1.09. The first-order chi connectivity index (χ1) is 27.8. The van der Waals surface area contributed by atoms with Gasteiger partial charge < -0.3 is 9.80 Å². The van der Waals surface area contributed by atoms with Gasteiger partial charge in [0.05, 0.1) is 11.4 Å². The van der Waals surface area contributed by atoms with E-state index in [9.17, 15) is 0 Å². The normalized spacial score (nSPS) is 11.2. The summed E-state index contributed by atoms with van der Waals surface area (Å²) >= 11 is 0. The summed E-state index contributed by atoms with van der Waals surface area (Å²) in [7, 11) is 0. The van der Waals surface area contributed by atoms with Crippen molar-refractivity contribution in [1.82, 2.24) is 0 Å². The Morgan fingerprint density at radius 1 is 0.232 bits per heavy atom. The maximum Gasteiger partial charge on any atom is 0.0541 e. The highest BCUT2D eigenvalue weighted by atomic mass is 15.2. The summed E-state index contributed by atoms with van der Waals surface area (Å²) in [5.74, 6) is 0. The molecule has 10 aromatic carbocycles. The first kappa shape index (κ1) is 33.2. The summed E-state index contributed by atoms with van der Waals surface area (Å²) < 4.78 is 0. The van der Waals surface area contributed by atoms with Crippen LogP contribution in [0.3, 0.4) is 0 Å². The van der Waals surface area contributed by atoms with Gasteiger partial charge in [0.15, 0.2) is 0 Å². The summed E-state index contributed by atoms with van der Waals surface area (Å²) in [6, 6.07) is 83.1. The van der Waals surface area contributed by atoms with Gasteiger partial charge in [0.25, 0.3) is 0 Å². The molecule has 0 atom stereocenters. The molecule has 0 amide bonds. The van der Waals surface area contributed by atoms with Gasteiger partial charge in [0, 0.05) is 33.5 Å². The molecule has 0 bridgehead atoms. The summed E-state index contributed by atoms with van der Waals surface area (Å²) in [6.07, 6.45) is 0. The summed E-state index contributed by atoms with van der Waals surface area (Å²) in [6.45, 7) is 0. The quantitative estimate of drug-likeness (QED) is 0.155. The van der Waals surface area contributed by atoms with Gasteiger partial charge in [-0.15, -0.1) is 0 Å². The van der Waals surface area contributed by atoms with Gasteiger partial charge in [-0.1, -0.05) is 170 Å². The maximum atomic E-state index is 2.43. The van der Waals surface area contributed by atoms with E-state index in [0.29, 0.717) is 0 Å². The van der Waals surface area contributed by atoms with E-state index in [1.54, 1.807) is 0 Å². The number of para-hydroxylation sites is 2. The van der Waals surface area contributed by atoms with Crippen LogP contribution in [-0.2, 0) is 0 Å². The van der Waals surface area contributed by atoms with Crippen LogP contribution in [0.5, 0.6) is 0 Å². The van der Waals surface area contributed by atoms with Crippen molar-refractivity contribution in [1.29, 1.82) is 0 Å². The topological polar surface area (TPSA) is 6.48 Å². The van der Waals surface area contributed by atoms with E-state index >= 15 is 0 Å². The Bertz CT molecular complexity index is 2930. The number of nitrogens with zero attached hydrogens (tertiary/aromatic N) is 2. The number of hydrogen-bond donors (Lipinski definition) is 0. The molecule has 0 saturated carbocycles. The smallest absolute Gasteiger partial charge is 0.0541 e. The molecular weight excluding hydrogens is 677 g/mol. The van der Waals surface area contributed by atoms with Gasteiger partial charge in [-0.2, -0.15) is 0 Å². The molecule has 10 rings (SSSR count). The number of hydrogen-bond acceptors (Lipinski definition) is 2. The first-order valence-corrected chi connectivity index (χ1v) is 19.2.